The van der Waals surface area contributed by atoms with Gasteiger partial charge in [-0.15, -0.1) is 0 Å². The fraction of sp³-hybridized carbons (Fsp3) is 0.273. The predicted octanol–water partition coefficient (Wildman–Crippen LogP) is 3.75. The van der Waals surface area contributed by atoms with Crippen molar-refractivity contribution in [1.29, 1.82) is 0 Å². The molecule has 17 heavy (non-hydrogen) atoms. The first-order chi connectivity index (χ1) is 8.19. The number of para-hydroxylation sites is 1. The average Bonchev–Trinajstić information content (AvgIpc) is 2.68. The molecule has 0 radical (unpaired) electrons. The van der Waals surface area contributed by atoms with Crippen LogP contribution in [0, 0.1) is 0 Å². The topological polar surface area (TPSA) is 38.8 Å². The van der Waals surface area contributed by atoms with Gasteiger partial charge in [0.25, 0.3) is 0 Å². The van der Waals surface area contributed by atoms with E-state index in [1.807, 2.05) is 30.3 Å². The third-order valence-corrected chi connectivity index (χ3v) is 4.56. The van der Waals surface area contributed by atoms with E-state index in [4.69, 9.17) is 20.6 Å². The number of anilines is 1. The Kier molecular flexibility index (Phi) is 3.77. The van der Waals surface area contributed by atoms with Crippen molar-refractivity contribution in [1.82, 2.24) is 0 Å². The van der Waals surface area contributed by atoms with Crippen LogP contribution in [0.1, 0.15) is 6.92 Å². The summed E-state index contributed by atoms with van der Waals surface area (Å²) in [4.78, 5) is 0. The third-order valence-electron chi connectivity index (χ3n) is 2.30. The molecule has 0 N–H and O–H groups in total. The summed E-state index contributed by atoms with van der Waals surface area (Å²) in [5.41, 5.74) is 2.08. The summed E-state index contributed by atoms with van der Waals surface area (Å²) in [5, 5.41) is 0. The van der Waals surface area contributed by atoms with Crippen molar-refractivity contribution in [2.75, 3.05) is 17.8 Å². The van der Waals surface area contributed by atoms with Gasteiger partial charge < -0.3 is 4.52 Å². The van der Waals surface area contributed by atoms with Crippen molar-refractivity contribution >= 4 is 25.0 Å². The number of nitrogens with zero attached hydrogens (tertiary/aromatic N) is 1. The van der Waals surface area contributed by atoms with Crippen molar-refractivity contribution in [2.24, 2.45) is 0 Å². The van der Waals surface area contributed by atoms with Gasteiger partial charge in [0.2, 0.25) is 0 Å². The second-order valence-electron chi connectivity index (χ2n) is 3.45. The molecule has 1 atom stereocenters. The molecular weight excluding hydrogens is 261 g/mol. The van der Waals surface area contributed by atoms with Gasteiger partial charge in [-0.25, -0.2) is 4.57 Å². The second-order valence-corrected chi connectivity index (χ2v) is 5.53. The lowest BCUT2D eigenvalue weighted by Gasteiger charge is -2.21. The summed E-state index contributed by atoms with van der Waals surface area (Å²) in [6, 6.07) is 9.34. The van der Waals surface area contributed by atoms with E-state index in [-0.39, 0.29) is 0 Å². The van der Waals surface area contributed by atoms with Gasteiger partial charge in [-0.3, -0.25) is 9.19 Å². The average molecular weight is 274 g/mol. The van der Waals surface area contributed by atoms with E-state index < -0.39 is 7.75 Å². The van der Waals surface area contributed by atoms with Crippen molar-refractivity contribution < 1.29 is 13.6 Å². The molecule has 1 unspecified atom stereocenters. The molecule has 1 aromatic rings. The van der Waals surface area contributed by atoms with E-state index >= 15 is 0 Å². The van der Waals surface area contributed by atoms with Crippen LogP contribution < -0.4 is 4.67 Å². The molecule has 1 aromatic carbocycles. The van der Waals surface area contributed by atoms with E-state index in [9.17, 15) is 4.57 Å². The highest BCUT2D eigenvalue weighted by molar-refractivity contribution is 7.56. The van der Waals surface area contributed by atoms with Gasteiger partial charge in [0, 0.05) is 11.2 Å². The van der Waals surface area contributed by atoms with Crippen LogP contribution in [0.15, 0.2) is 41.6 Å². The minimum Gasteiger partial charge on any atom is -0.411 e. The second kappa shape index (κ2) is 5.13. The maximum Gasteiger partial charge on any atom is 0.489 e. The maximum atomic E-state index is 12.5. The normalized spacial score (nSPS) is 26.2. The molecule has 1 saturated heterocycles. The first-order valence-corrected chi connectivity index (χ1v) is 7.19. The van der Waals surface area contributed by atoms with Crippen LogP contribution in [0.5, 0.6) is 0 Å². The number of benzene rings is 1. The Hall–Kier alpha value is -0.960. The van der Waals surface area contributed by atoms with Gasteiger partial charge in [0.1, 0.15) is 5.76 Å². The summed E-state index contributed by atoms with van der Waals surface area (Å²) in [5.74, 6) is 0.451. The molecule has 92 valence electrons. The fourth-order valence-corrected chi connectivity index (χ4v) is 3.54. The predicted molar refractivity (Wildman–Crippen MR) is 68.0 cm³/mol. The Bertz CT molecular complexity index is 463. The zero-order valence-electron chi connectivity index (χ0n) is 9.38. The van der Waals surface area contributed by atoms with Crippen LogP contribution in [0.3, 0.4) is 0 Å². The Labute approximate surface area is 105 Å². The first-order valence-electron chi connectivity index (χ1n) is 5.26. The minimum absolute atomic E-state index is 0.316. The molecule has 4 nitrogen and oxygen atoms in total. The van der Waals surface area contributed by atoms with Crippen molar-refractivity contribution in [3.05, 3.63) is 41.6 Å². The van der Waals surface area contributed by atoms with Gasteiger partial charge in [0.05, 0.1) is 13.2 Å². The van der Waals surface area contributed by atoms with Gasteiger partial charge >= 0.3 is 7.75 Å². The molecular formula is C11H13ClNO3P. The smallest absolute Gasteiger partial charge is 0.411 e. The first kappa shape index (κ1) is 12.5. The molecule has 0 saturated carbocycles. The van der Waals surface area contributed by atoms with Crippen LogP contribution in [-0.2, 0) is 13.6 Å². The van der Waals surface area contributed by atoms with E-state index in [2.05, 4.69) is 0 Å². The van der Waals surface area contributed by atoms with Crippen LogP contribution in [-0.4, -0.2) is 13.2 Å². The van der Waals surface area contributed by atoms with Gasteiger partial charge in [-0.2, -0.15) is 0 Å². The van der Waals surface area contributed by atoms with E-state index in [0.29, 0.717) is 18.9 Å². The molecule has 6 heteroatoms. The summed E-state index contributed by atoms with van der Waals surface area (Å²) in [6.07, 6.45) is 0. The molecule has 1 heterocycles. The maximum absolute atomic E-state index is 12.5. The number of rotatable bonds is 3. The molecule has 1 aliphatic rings. The molecule has 0 bridgehead atoms. The minimum atomic E-state index is -3.29. The van der Waals surface area contributed by atoms with Crippen molar-refractivity contribution in [2.45, 2.75) is 6.92 Å². The van der Waals surface area contributed by atoms with Crippen LogP contribution in [0.25, 0.3) is 0 Å². The van der Waals surface area contributed by atoms with Gasteiger partial charge in [-0.05, 0) is 19.1 Å². The molecule has 0 amide bonds. The van der Waals surface area contributed by atoms with Crippen LogP contribution in [0.4, 0.5) is 5.69 Å². The highest BCUT2D eigenvalue weighted by atomic mass is 35.5. The highest BCUT2D eigenvalue weighted by Gasteiger charge is 2.42. The van der Waals surface area contributed by atoms with E-state index in [0.717, 1.165) is 5.69 Å². The van der Waals surface area contributed by atoms with E-state index in [1.54, 1.807) is 11.6 Å². The molecule has 1 aliphatic heterocycles. The van der Waals surface area contributed by atoms with Crippen molar-refractivity contribution in [3.63, 3.8) is 0 Å². The summed E-state index contributed by atoms with van der Waals surface area (Å²) < 4.78 is 24.6. The zero-order chi connectivity index (χ0) is 12.3. The summed E-state index contributed by atoms with van der Waals surface area (Å²) >= 11 is 5.60. The third kappa shape index (κ3) is 2.49. The molecule has 0 spiro atoms. The lowest BCUT2D eigenvalue weighted by Crippen LogP contribution is -2.15. The van der Waals surface area contributed by atoms with Crippen LogP contribution in [0.2, 0.25) is 0 Å². The number of hydrogen-bond acceptors (Lipinski definition) is 3. The molecule has 1 fully saturated rings. The largest absolute Gasteiger partial charge is 0.489 e. The lowest BCUT2D eigenvalue weighted by atomic mass is 10.3. The molecule has 0 aromatic heterocycles. The molecule has 2 rings (SSSR count). The standard InChI is InChI=1S/C11H13ClNO3P/c1-2-15-17(14)13(9-11(8-12)16-17)10-6-4-3-5-7-10/h3-8H,2,9H2,1H3. The number of halogens is 1. The van der Waals surface area contributed by atoms with Crippen molar-refractivity contribution in [3.8, 4) is 0 Å². The number of hydrogen-bond donors (Lipinski definition) is 0. The molecule has 0 aliphatic carbocycles. The van der Waals surface area contributed by atoms with Gasteiger partial charge in [-0.1, -0.05) is 29.8 Å². The fourth-order valence-electron chi connectivity index (χ4n) is 1.61. The Balaban J connectivity index is 2.34. The van der Waals surface area contributed by atoms with E-state index in [1.165, 1.54) is 5.54 Å². The lowest BCUT2D eigenvalue weighted by molar-refractivity contribution is 0.264. The monoisotopic (exact) mass is 273 g/mol. The Morgan fingerprint density at radius 2 is 2.24 bits per heavy atom. The van der Waals surface area contributed by atoms with Gasteiger partial charge in [0.15, 0.2) is 0 Å². The quantitative estimate of drug-likeness (QED) is 0.786. The Morgan fingerprint density at radius 1 is 1.53 bits per heavy atom. The Morgan fingerprint density at radius 3 is 2.82 bits per heavy atom. The highest BCUT2D eigenvalue weighted by Crippen LogP contribution is 2.60. The van der Waals surface area contributed by atoms with Crippen LogP contribution >= 0.6 is 19.3 Å². The summed E-state index contributed by atoms with van der Waals surface area (Å²) in [7, 11) is -3.29. The summed E-state index contributed by atoms with van der Waals surface area (Å²) in [6.45, 7) is 2.44. The SMILES string of the molecule is CCOP1(=O)OC(=CCl)CN1c1ccccc1. The zero-order valence-corrected chi connectivity index (χ0v) is 11.0.